The summed E-state index contributed by atoms with van der Waals surface area (Å²) < 4.78 is 616. The normalized spacial score (nSPS) is 26.5. The molecular formula is C117H162O18. The van der Waals surface area contributed by atoms with Crippen LogP contribution in [0.2, 0.25) is 0 Å². The second kappa shape index (κ2) is 63.5. The molecule has 0 aromatic heterocycles. The summed E-state index contributed by atoms with van der Waals surface area (Å²) in [4.78, 5) is 100. The Kier molecular flexibility index (Phi) is 20.5. The summed E-state index contributed by atoms with van der Waals surface area (Å²) in [5, 5.41) is 81.4. The Morgan fingerprint density at radius 1 is 0.193 bits per heavy atom. The van der Waals surface area contributed by atoms with Crippen LogP contribution in [0.4, 0.5) is 0 Å². The van der Waals surface area contributed by atoms with Crippen LogP contribution < -0.4 is 0 Å². The first kappa shape index (κ1) is 43.7. The Balaban J connectivity index is 0.00000122. The molecule has 0 saturated heterocycles. The Labute approximate surface area is 923 Å². The molecule has 738 valence electrons. The third kappa shape index (κ3) is 50.9. The van der Waals surface area contributed by atoms with Gasteiger partial charge in [0.2, 0.25) is 0 Å². The molecule has 0 saturated carbocycles. The Hall–Kier alpha value is -11.8. The molecule has 135 heavy (non-hydrogen) atoms. The first-order valence-corrected chi connectivity index (χ1v) is 39.4. The number of aliphatic carboxylic acids is 9. The molecule has 18 nitrogen and oxygen atoms in total. The first-order valence-electron chi connectivity index (χ1n) is 80.4. The molecule has 0 spiro atoms. The number of carboxylic acids is 9. The maximum absolute atomic E-state index is 11.4. The minimum atomic E-state index is -3.24. The standard InChI is InChI=1S/9C13H18O2/c9*1-9(2)8-11-4-6-12(7-5-11)10(3)13(14)15/h9*4-7,9-10H,8H2,1-3H3,(H,14,15)/i1D3,3D3,8D2,9D,10D;1D3,2D3,3D3,8D2,10D;1D3,8D2,9D,10D;1D3,2D3,9D,10D;1D3,2D3,8D2,10D;1D3,2D3,3D3,9D;1D3,2D3,3D3,8D2;1D3,2D3,9D;1D3,2D3,8D2. The van der Waals surface area contributed by atoms with Gasteiger partial charge < -0.3 is 46.0 Å². The average molecular weight is 1940 g/mol. The smallest absolute Gasteiger partial charge is 0.310 e. The van der Waals surface area contributed by atoms with Crippen molar-refractivity contribution in [3.63, 3.8) is 0 Å². The predicted molar refractivity (Wildman–Crippen MR) is 549 cm³/mol. The lowest BCUT2D eigenvalue weighted by Gasteiger charge is -2.09. The van der Waals surface area contributed by atoms with Crippen LogP contribution in [0.3, 0.4) is 0 Å². The van der Waals surface area contributed by atoms with Crippen molar-refractivity contribution in [2.24, 2.45) is 53.1 Å². The third-order valence-corrected chi connectivity index (χ3v) is 17.5. The predicted octanol–water partition coefficient (Wildman–Crippen LogP) is 27.7. The van der Waals surface area contributed by atoms with Gasteiger partial charge >= 0.3 is 53.7 Å². The summed E-state index contributed by atoms with van der Waals surface area (Å²) >= 11 is 0. The van der Waals surface area contributed by atoms with E-state index in [-0.39, 0.29) is 72.3 Å². The highest BCUT2D eigenvalue weighted by Crippen LogP contribution is 2.27. The van der Waals surface area contributed by atoms with E-state index in [4.69, 9.17) is 153 Å². The highest BCUT2D eigenvalue weighted by Gasteiger charge is 2.21. The van der Waals surface area contributed by atoms with E-state index >= 15 is 0 Å². The van der Waals surface area contributed by atoms with Crippen LogP contribution in [-0.4, -0.2) is 99.7 Å². The Morgan fingerprint density at radius 2 is 0.356 bits per heavy atom. The second-order valence-corrected chi connectivity index (χ2v) is 28.3. The zero-order valence-electron chi connectivity index (χ0n) is 156. The van der Waals surface area contributed by atoms with E-state index in [2.05, 4.69) is 0 Å². The van der Waals surface area contributed by atoms with Crippen molar-refractivity contribution in [1.82, 2.24) is 0 Å². The van der Waals surface area contributed by atoms with E-state index in [1.54, 1.807) is 0 Å². The zero-order chi connectivity index (χ0) is 173. The number of rotatable bonds is 36. The fourth-order valence-electron chi connectivity index (χ4n) is 10.2. The van der Waals surface area contributed by atoms with Crippen LogP contribution in [0.15, 0.2) is 218 Å². The van der Waals surface area contributed by atoms with Gasteiger partial charge in [-0.1, -0.05) is 342 Å². The van der Waals surface area contributed by atoms with Crippen molar-refractivity contribution in [3.8, 4) is 0 Å². The van der Waals surface area contributed by atoms with Gasteiger partial charge in [-0.15, -0.1) is 0 Å². The van der Waals surface area contributed by atoms with Crippen LogP contribution in [0, 0.1) is 53.1 Å². The highest BCUT2D eigenvalue weighted by molar-refractivity contribution is 5.79. The third-order valence-electron chi connectivity index (χ3n) is 17.5. The van der Waals surface area contributed by atoms with E-state index in [9.17, 15) is 48.3 Å². The number of benzene rings is 9. The summed E-state index contributed by atoms with van der Waals surface area (Å²) in [6.45, 7) is -52.2. The minimum Gasteiger partial charge on any atom is -0.481 e. The van der Waals surface area contributed by atoms with Crippen molar-refractivity contribution < 1.29 is 202 Å². The lowest BCUT2D eigenvalue weighted by Crippen LogP contribution is -2.07. The van der Waals surface area contributed by atoms with Gasteiger partial charge in [0, 0.05) is 112 Å². The monoisotopic (exact) mass is 1940 g/mol. The number of hydrogen-bond acceptors (Lipinski definition) is 9. The molecule has 9 rings (SSSR count). The lowest BCUT2D eigenvalue weighted by molar-refractivity contribution is -0.139. The lowest BCUT2D eigenvalue weighted by atomic mass is 9.97. The SMILES string of the molecule is [2H]C(C)(C(=O)O)c1ccc(C([2H])([2H])C(C([2H])([2H])[2H])C([2H])([2H])[2H])cc1.[2H]C(C)(C(=O)O)c1ccc(C([2H])([2H])C([2H])(C)C([2H])([2H])[2H])cc1.[2H]C(C)(C(=O)O)c1ccc(CC([2H])(C([2H])([2H])[2H])C([2H])([2H])[2H])cc1.[2H]C([2H])([2H])C(C(=O)O)c1ccc(C([2H])([2H])C(C([2H])([2H])[2H])C([2H])([2H])[2H])cc1.[2H]C([2H])([2H])C(C(=O)O)c1ccc(CC([2H])(C([2H])([2H])[2H])C([2H])([2H])[2H])cc1.[2H]C([2H])([2H])C(C([2H])([2H])[2H])C([2H])([2H])c1ccc(C(C)C(=O)O)cc1.[2H]C([2H])([2H])C(C([2H])([2H])[2H])C([2H])([2H])c1ccc(C([2H])(C(=O)O)C([2H])([2H])[2H])cc1.[2H]C([2H])([2H])C([2H])(C(=O)O)c1ccc(C([2H])([2H])C([2H])(C)C([2H])([2H])[2H])cc1.[2H]C([2H])([2H])C([2H])(Cc1ccc(C(C)C(=O)O)cc1)C([2H])([2H])[2H]. The van der Waals surface area contributed by atoms with Crippen LogP contribution in [-0.2, 0) is 101 Å². The van der Waals surface area contributed by atoms with Gasteiger partial charge in [-0.25, -0.2) is 0 Å². The van der Waals surface area contributed by atoms with Gasteiger partial charge in [0.1, 0.15) is 0 Å². The fourth-order valence-corrected chi connectivity index (χ4v) is 10.2. The Bertz CT molecular complexity index is 8420. The summed E-state index contributed by atoms with van der Waals surface area (Å²) in [5.41, 5.74) is -0.182. The van der Waals surface area contributed by atoms with E-state index in [1.165, 1.54) is 161 Å². The van der Waals surface area contributed by atoms with Crippen molar-refractivity contribution in [1.29, 1.82) is 0 Å². The zero-order valence-corrected chi connectivity index (χ0v) is 73.7. The molecule has 0 aliphatic rings. The second-order valence-electron chi connectivity index (χ2n) is 28.3. The molecule has 0 aliphatic carbocycles. The minimum absolute atomic E-state index is 0.0189. The van der Waals surface area contributed by atoms with Gasteiger partial charge in [-0.05, 0) is 273 Å². The van der Waals surface area contributed by atoms with Crippen LogP contribution >= 0.6 is 0 Å². The quantitative estimate of drug-likeness (QED) is 0.0176. The van der Waals surface area contributed by atoms with Gasteiger partial charge in [0.15, 0.2) is 0 Å². The van der Waals surface area contributed by atoms with Crippen molar-refractivity contribution >= 4 is 53.7 Å². The molecule has 0 heterocycles. The molecule has 0 aliphatic heterocycles. The average Bonchev–Trinajstić information content (AvgIpc) is 0.772. The van der Waals surface area contributed by atoms with Gasteiger partial charge in [0.25, 0.3) is 0 Å². The van der Waals surface area contributed by atoms with Crippen molar-refractivity contribution in [2.75, 3.05) is 0 Å². The summed E-state index contributed by atoms with van der Waals surface area (Å²) in [6, 6.07) is 42.6. The molecule has 0 fully saturated rings. The van der Waals surface area contributed by atoms with Crippen molar-refractivity contribution in [2.45, 2.75) is 296 Å². The van der Waals surface area contributed by atoms with E-state index in [0.717, 1.165) is 106 Å². The molecule has 9 aromatic rings. The van der Waals surface area contributed by atoms with Crippen molar-refractivity contribution in [3.05, 3.63) is 319 Å². The summed E-state index contributed by atoms with van der Waals surface area (Å²) in [5.74, 6) is -51.9. The molecule has 0 radical (unpaired) electrons. The number of carboxylic acid groups (broad SMARTS) is 9. The van der Waals surface area contributed by atoms with Crippen LogP contribution in [0.1, 0.15) is 451 Å². The Morgan fingerprint density at radius 3 is 0.511 bits per heavy atom. The van der Waals surface area contributed by atoms with Gasteiger partial charge in [-0.2, -0.15) is 0 Å². The maximum Gasteiger partial charge on any atom is 0.310 e. The summed E-state index contributed by atoms with van der Waals surface area (Å²) in [6.07, 6.45) is -17.7. The number of carbonyl (C=O) groups is 9. The van der Waals surface area contributed by atoms with Gasteiger partial charge in [0.05, 0.1) is 53.1 Å². The molecule has 11 unspecified atom stereocenters. The highest BCUT2D eigenvalue weighted by atomic mass is 16.4. The van der Waals surface area contributed by atoms with E-state index in [0.29, 0.717) is 16.7 Å². The molecule has 18 heteroatoms. The first-order chi connectivity index (χ1) is 95.4. The number of hydrogen-bond donors (Lipinski definition) is 9. The molecule has 9 N–H and O–H groups in total. The van der Waals surface area contributed by atoms with E-state index < -0.39 is 366 Å². The molecule has 0 amide bonds. The van der Waals surface area contributed by atoms with Crippen LogP contribution in [0.25, 0.3) is 0 Å². The molecule has 0 bridgehead atoms. The largest absolute Gasteiger partial charge is 0.481 e. The van der Waals surface area contributed by atoms with Gasteiger partial charge in [-0.3, -0.25) is 43.2 Å². The maximum atomic E-state index is 11.4. The molecule has 11 atom stereocenters. The van der Waals surface area contributed by atoms with Crippen LogP contribution in [0.5, 0.6) is 0 Å². The molecule has 9 aromatic carbocycles. The topological polar surface area (TPSA) is 336 Å². The van der Waals surface area contributed by atoms with E-state index in [1.807, 2.05) is 0 Å². The summed E-state index contributed by atoms with van der Waals surface area (Å²) in [7, 11) is 0. The molecular weight excluding hydrogens is 1690 g/mol. The fraction of sp³-hybridized carbons (Fsp3) is 0.462.